The van der Waals surface area contributed by atoms with E-state index < -0.39 is 5.97 Å². The average Bonchev–Trinajstić information content (AvgIpc) is 2.17. The van der Waals surface area contributed by atoms with Gasteiger partial charge >= 0.3 is 5.97 Å². The summed E-state index contributed by atoms with van der Waals surface area (Å²) in [6.07, 6.45) is 0.108. The van der Waals surface area contributed by atoms with Crippen molar-refractivity contribution in [3.8, 4) is 0 Å². The maximum absolute atomic E-state index is 10.7. The minimum Gasteiger partial charge on any atom is -0.481 e. The van der Waals surface area contributed by atoms with Crippen molar-refractivity contribution < 1.29 is 14.6 Å². The Kier molecular flexibility index (Phi) is 4.31. The molecule has 0 saturated carbocycles. The predicted molar refractivity (Wildman–Crippen MR) is 58.0 cm³/mol. The van der Waals surface area contributed by atoms with Crippen LogP contribution in [0.25, 0.3) is 0 Å². The second kappa shape index (κ2) is 5.51. The molecule has 0 fully saturated rings. The van der Waals surface area contributed by atoms with Crippen LogP contribution in [0, 0.1) is 6.92 Å². The SMILES string of the molecule is COCC(CC(=O)O)c1ccc(C)cc1. The van der Waals surface area contributed by atoms with E-state index in [4.69, 9.17) is 9.84 Å². The number of carboxylic acids is 1. The number of carbonyl (C=O) groups is 1. The second-order valence-electron chi connectivity index (χ2n) is 3.66. The van der Waals surface area contributed by atoms with Crippen LogP contribution in [0.1, 0.15) is 23.5 Å². The Balaban J connectivity index is 2.78. The third-order valence-corrected chi connectivity index (χ3v) is 2.34. The first-order chi connectivity index (χ1) is 7.13. The quantitative estimate of drug-likeness (QED) is 0.806. The number of aryl methyl sites for hydroxylation is 1. The van der Waals surface area contributed by atoms with Crippen molar-refractivity contribution in [3.63, 3.8) is 0 Å². The molecule has 0 amide bonds. The molecule has 1 aromatic carbocycles. The molecule has 82 valence electrons. The van der Waals surface area contributed by atoms with Gasteiger partial charge in [0.2, 0.25) is 0 Å². The molecule has 0 spiro atoms. The van der Waals surface area contributed by atoms with Gasteiger partial charge < -0.3 is 9.84 Å². The first-order valence-corrected chi connectivity index (χ1v) is 4.90. The van der Waals surface area contributed by atoms with Crippen LogP contribution < -0.4 is 0 Å². The van der Waals surface area contributed by atoms with Crippen LogP contribution in [0.2, 0.25) is 0 Å². The average molecular weight is 208 g/mol. The molecule has 1 rings (SSSR count). The number of hydrogen-bond donors (Lipinski definition) is 1. The maximum Gasteiger partial charge on any atom is 0.304 e. The molecule has 0 saturated heterocycles. The lowest BCUT2D eigenvalue weighted by atomic mass is 9.96. The standard InChI is InChI=1S/C12H16O3/c1-9-3-5-10(6-4-9)11(8-15-2)7-12(13)14/h3-6,11H,7-8H2,1-2H3,(H,13,14). The van der Waals surface area contributed by atoms with Gasteiger partial charge in [-0.05, 0) is 12.5 Å². The van der Waals surface area contributed by atoms with Gasteiger partial charge in [0.15, 0.2) is 0 Å². The summed E-state index contributed by atoms with van der Waals surface area (Å²) in [7, 11) is 1.59. The second-order valence-corrected chi connectivity index (χ2v) is 3.66. The predicted octanol–water partition coefficient (Wildman–Crippen LogP) is 2.20. The Labute approximate surface area is 89.7 Å². The molecule has 1 N–H and O–H groups in total. The molecule has 1 aromatic rings. The third kappa shape index (κ3) is 3.72. The van der Waals surface area contributed by atoms with Gasteiger partial charge in [-0.25, -0.2) is 0 Å². The van der Waals surface area contributed by atoms with Gasteiger partial charge in [0.1, 0.15) is 0 Å². The molecular weight excluding hydrogens is 192 g/mol. The molecule has 0 aliphatic heterocycles. The van der Waals surface area contributed by atoms with Crippen molar-refractivity contribution >= 4 is 5.97 Å². The number of rotatable bonds is 5. The first-order valence-electron chi connectivity index (χ1n) is 4.90. The van der Waals surface area contributed by atoms with Crippen LogP contribution in [0.3, 0.4) is 0 Å². The fraction of sp³-hybridized carbons (Fsp3) is 0.417. The molecule has 0 aliphatic rings. The van der Waals surface area contributed by atoms with Crippen molar-refractivity contribution in [1.29, 1.82) is 0 Å². The van der Waals surface area contributed by atoms with Gasteiger partial charge in [0.25, 0.3) is 0 Å². The van der Waals surface area contributed by atoms with Gasteiger partial charge in [-0.15, -0.1) is 0 Å². The topological polar surface area (TPSA) is 46.5 Å². The number of carboxylic acid groups (broad SMARTS) is 1. The first kappa shape index (κ1) is 11.7. The molecule has 3 nitrogen and oxygen atoms in total. The molecule has 3 heteroatoms. The molecule has 15 heavy (non-hydrogen) atoms. The highest BCUT2D eigenvalue weighted by atomic mass is 16.5. The van der Waals surface area contributed by atoms with Gasteiger partial charge in [-0.3, -0.25) is 4.79 Å². The number of benzene rings is 1. The van der Waals surface area contributed by atoms with Gasteiger partial charge in [0.05, 0.1) is 13.0 Å². The van der Waals surface area contributed by atoms with E-state index in [1.165, 1.54) is 5.56 Å². The highest BCUT2D eigenvalue weighted by Gasteiger charge is 2.14. The van der Waals surface area contributed by atoms with E-state index >= 15 is 0 Å². The maximum atomic E-state index is 10.7. The highest BCUT2D eigenvalue weighted by Crippen LogP contribution is 2.20. The van der Waals surface area contributed by atoms with Crippen LogP contribution in [0.4, 0.5) is 0 Å². The van der Waals surface area contributed by atoms with E-state index in [1.54, 1.807) is 7.11 Å². The summed E-state index contributed by atoms with van der Waals surface area (Å²) in [6, 6.07) is 7.89. The highest BCUT2D eigenvalue weighted by molar-refractivity contribution is 5.68. The zero-order chi connectivity index (χ0) is 11.3. The summed E-state index contributed by atoms with van der Waals surface area (Å²) in [4.78, 5) is 10.7. The molecule has 0 heterocycles. The Hall–Kier alpha value is -1.35. The summed E-state index contributed by atoms with van der Waals surface area (Å²) in [5, 5.41) is 8.77. The lowest BCUT2D eigenvalue weighted by molar-refractivity contribution is -0.137. The van der Waals surface area contributed by atoms with Gasteiger partial charge in [-0.1, -0.05) is 29.8 Å². The summed E-state index contributed by atoms with van der Waals surface area (Å²) < 4.78 is 5.03. The zero-order valence-corrected chi connectivity index (χ0v) is 9.06. The molecule has 1 atom stereocenters. The molecule has 0 aromatic heterocycles. The van der Waals surface area contributed by atoms with E-state index in [1.807, 2.05) is 31.2 Å². The van der Waals surface area contributed by atoms with Crippen LogP contribution in [-0.4, -0.2) is 24.8 Å². The lowest BCUT2D eigenvalue weighted by Crippen LogP contribution is -2.11. The number of hydrogen-bond acceptors (Lipinski definition) is 2. The normalized spacial score (nSPS) is 12.4. The van der Waals surface area contributed by atoms with Crippen molar-refractivity contribution in [2.24, 2.45) is 0 Å². The van der Waals surface area contributed by atoms with E-state index in [0.29, 0.717) is 6.61 Å². The lowest BCUT2D eigenvalue weighted by Gasteiger charge is -2.14. The fourth-order valence-corrected chi connectivity index (χ4v) is 1.52. The molecule has 0 aliphatic carbocycles. The minimum absolute atomic E-state index is 0.0619. The van der Waals surface area contributed by atoms with Crippen LogP contribution >= 0.6 is 0 Å². The van der Waals surface area contributed by atoms with Crippen LogP contribution in [0.5, 0.6) is 0 Å². The molecular formula is C12H16O3. The van der Waals surface area contributed by atoms with Crippen molar-refractivity contribution in [2.75, 3.05) is 13.7 Å². The van der Waals surface area contributed by atoms with Crippen molar-refractivity contribution in [3.05, 3.63) is 35.4 Å². The van der Waals surface area contributed by atoms with Crippen LogP contribution in [-0.2, 0) is 9.53 Å². The Morgan fingerprint density at radius 2 is 2.00 bits per heavy atom. The van der Waals surface area contributed by atoms with Crippen LogP contribution in [0.15, 0.2) is 24.3 Å². The van der Waals surface area contributed by atoms with E-state index in [2.05, 4.69) is 0 Å². The van der Waals surface area contributed by atoms with Crippen molar-refractivity contribution in [1.82, 2.24) is 0 Å². The Bertz CT molecular complexity index is 316. The largest absolute Gasteiger partial charge is 0.481 e. The number of methoxy groups -OCH3 is 1. The smallest absolute Gasteiger partial charge is 0.304 e. The van der Waals surface area contributed by atoms with Gasteiger partial charge in [-0.2, -0.15) is 0 Å². The Morgan fingerprint density at radius 1 is 1.40 bits per heavy atom. The van der Waals surface area contributed by atoms with E-state index in [9.17, 15) is 4.79 Å². The third-order valence-electron chi connectivity index (χ3n) is 2.34. The van der Waals surface area contributed by atoms with Gasteiger partial charge in [0, 0.05) is 13.0 Å². The Morgan fingerprint density at radius 3 is 2.47 bits per heavy atom. The molecule has 1 unspecified atom stereocenters. The molecule has 0 radical (unpaired) electrons. The molecule has 0 bridgehead atoms. The summed E-state index contributed by atoms with van der Waals surface area (Å²) in [5.41, 5.74) is 2.19. The monoisotopic (exact) mass is 208 g/mol. The zero-order valence-electron chi connectivity index (χ0n) is 9.06. The summed E-state index contributed by atoms with van der Waals surface area (Å²) in [5.74, 6) is -0.856. The van der Waals surface area contributed by atoms with E-state index in [-0.39, 0.29) is 12.3 Å². The number of aliphatic carboxylic acids is 1. The number of ether oxygens (including phenoxy) is 1. The minimum atomic E-state index is -0.794. The van der Waals surface area contributed by atoms with E-state index in [0.717, 1.165) is 5.56 Å². The summed E-state index contributed by atoms with van der Waals surface area (Å²) >= 11 is 0. The fourth-order valence-electron chi connectivity index (χ4n) is 1.52. The van der Waals surface area contributed by atoms with Crippen molar-refractivity contribution in [2.45, 2.75) is 19.3 Å². The summed E-state index contributed by atoms with van der Waals surface area (Å²) in [6.45, 7) is 2.45.